The minimum atomic E-state index is -0.456. The molecule has 4 nitrogen and oxygen atoms in total. The number of carbonyl (C=O) groups excluding carboxylic acids is 1. The van der Waals surface area contributed by atoms with Crippen molar-refractivity contribution >= 4 is 6.09 Å². The van der Waals surface area contributed by atoms with Crippen LogP contribution in [0.2, 0.25) is 0 Å². The highest BCUT2D eigenvalue weighted by Gasteiger charge is 2.25. The molecule has 0 saturated carbocycles. The Hall–Kier alpha value is -1.55. The van der Waals surface area contributed by atoms with Crippen molar-refractivity contribution in [2.75, 3.05) is 13.1 Å². The first kappa shape index (κ1) is 17.8. The van der Waals surface area contributed by atoms with Gasteiger partial charge in [0.25, 0.3) is 0 Å². The number of hydrogen-bond donors (Lipinski definition) is 2. The third-order valence-corrected chi connectivity index (χ3v) is 4.17. The highest BCUT2D eigenvalue weighted by molar-refractivity contribution is 5.67. The minimum absolute atomic E-state index is 0.327. The number of alkyl carbamates (subject to hydrolysis) is 1. The van der Waals surface area contributed by atoms with Crippen LogP contribution < -0.4 is 10.6 Å². The number of amides is 1. The topological polar surface area (TPSA) is 50.4 Å². The molecule has 2 rings (SSSR count). The molecule has 1 aromatic rings. The number of ether oxygens (including phenoxy) is 1. The van der Waals surface area contributed by atoms with Crippen molar-refractivity contribution in [2.24, 2.45) is 5.92 Å². The zero-order valence-electron chi connectivity index (χ0n) is 14.6. The molecule has 1 aromatic carbocycles. The van der Waals surface area contributed by atoms with Crippen molar-refractivity contribution in [1.82, 2.24) is 10.6 Å². The van der Waals surface area contributed by atoms with E-state index >= 15 is 0 Å². The predicted molar refractivity (Wildman–Crippen MR) is 93.5 cm³/mol. The van der Waals surface area contributed by atoms with Crippen LogP contribution in [0.1, 0.15) is 45.6 Å². The third kappa shape index (κ3) is 6.61. The monoisotopic (exact) mass is 318 g/mol. The molecule has 23 heavy (non-hydrogen) atoms. The van der Waals surface area contributed by atoms with Gasteiger partial charge < -0.3 is 15.4 Å². The Morgan fingerprint density at radius 2 is 2.04 bits per heavy atom. The molecular weight excluding hydrogens is 288 g/mol. The number of piperidine rings is 1. The maximum atomic E-state index is 11.9. The molecule has 0 aromatic heterocycles. The summed E-state index contributed by atoms with van der Waals surface area (Å²) in [5.74, 6) is 0.380. The fourth-order valence-corrected chi connectivity index (χ4v) is 3.08. The second-order valence-electron chi connectivity index (χ2n) is 7.39. The van der Waals surface area contributed by atoms with Gasteiger partial charge in [0.2, 0.25) is 0 Å². The van der Waals surface area contributed by atoms with E-state index < -0.39 is 5.60 Å². The maximum absolute atomic E-state index is 11.9. The van der Waals surface area contributed by atoms with E-state index in [1.807, 2.05) is 26.8 Å². The lowest BCUT2D eigenvalue weighted by atomic mass is 9.87. The molecule has 1 heterocycles. The Labute approximate surface area is 140 Å². The van der Waals surface area contributed by atoms with E-state index in [9.17, 15) is 4.79 Å². The largest absolute Gasteiger partial charge is 0.444 e. The number of benzene rings is 1. The lowest BCUT2D eigenvalue weighted by Crippen LogP contribution is -2.46. The number of nitrogens with one attached hydrogen (secondary N) is 2. The van der Waals surface area contributed by atoms with Gasteiger partial charge in [0.05, 0.1) is 0 Å². The second-order valence-corrected chi connectivity index (χ2v) is 7.39. The van der Waals surface area contributed by atoms with E-state index in [4.69, 9.17) is 4.74 Å². The Morgan fingerprint density at radius 1 is 1.30 bits per heavy atom. The van der Waals surface area contributed by atoms with E-state index in [-0.39, 0.29) is 6.09 Å². The summed E-state index contributed by atoms with van der Waals surface area (Å²) in [5, 5.41) is 6.57. The molecule has 1 saturated heterocycles. The first-order chi connectivity index (χ1) is 10.9. The van der Waals surface area contributed by atoms with Crippen LogP contribution in [-0.2, 0) is 11.2 Å². The van der Waals surface area contributed by atoms with Crippen LogP contribution in [0.4, 0.5) is 4.79 Å². The summed E-state index contributed by atoms with van der Waals surface area (Å²) >= 11 is 0. The van der Waals surface area contributed by atoms with Gasteiger partial charge in [-0.2, -0.15) is 0 Å². The normalized spacial score (nSPS) is 19.9. The van der Waals surface area contributed by atoms with E-state index in [1.54, 1.807) is 0 Å². The summed E-state index contributed by atoms with van der Waals surface area (Å²) in [6.07, 6.45) is 4.32. The van der Waals surface area contributed by atoms with E-state index in [0.29, 0.717) is 18.5 Å². The predicted octanol–water partition coefficient (Wildman–Crippen LogP) is 3.51. The molecule has 0 radical (unpaired) electrons. The average Bonchev–Trinajstić information content (AvgIpc) is 2.51. The summed E-state index contributed by atoms with van der Waals surface area (Å²) in [6, 6.07) is 11.0. The van der Waals surface area contributed by atoms with Crippen molar-refractivity contribution < 1.29 is 9.53 Å². The van der Waals surface area contributed by atoms with Crippen molar-refractivity contribution in [1.29, 1.82) is 0 Å². The van der Waals surface area contributed by atoms with Crippen molar-refractivity contribution in [3.63, 3.8) is 0 Å². The Kier molecular flexibility index (Phi) is 6.46. The summed E-state index contributed by atoms with van der Waals surface area (Å²) in [4.78, 5) is 11.9. The molecule has 1 fully saturated rings. The fourth-order valence-electron chi connectivity index (χ4n) is 3.08. The first-order valence-corrected chi connectivity index (χ1v) is 8.68. The summed E-state index contributed by atoms with van der Waals surface area (Å²) in [5.41, 5.74) is 0.859. The Morgan fingerprint density at radius 3 is 2.65 bits per heavy atom. The lowest BCUT2D eigenvalue weighted by molar-refractivity contribution is 0.0514. The van der Waals surface area contributed by atoms with Gasteiger partial charge in [0.15, 0.2) is 0 Å². The van der Waals surface area contributed by atoms with E-state index in [0.717, 1.165) is 13.0 Å². The molecule has 4 heteroatoms. The molecular formula is C19H30N2O2. The molecule has 1 aliphatic rings. The SMILES string of the molecule is CC(C)(C)OC(=O)NC[C@H](Cc1ccccc1)[C@@H]1CCCCN1. The van der Waals surface area contributed by atoms with Gasteiger partial charge in [-0.15, -0.1) is 0 Å². The van der Waals surface area contributed by atoms with Crippen molar-refractivity contribution in [3.8, 4) is 0 Å². The first-order valence-electron chi connectivity index (χ1n) is 8.68. The van der Waals surface area contributed by atoms with E-state index in [1.165, 1.54) is 24.8 Å². The van der Waals surface area contributed by atoms with Gasteiger partial charge in [0, 0.05) is 12.6 Å². The molecule has 0 bridgehead atoms. The molecule has 2 N–H and O–H groups in total. The van der Waals surface area contributed by atoms with E-state index in [2.05, 4.69) is 34.9 Å². The fraction of sp³-hybridized carbons (Fsp3) is 0.632. The minimum Gasteiger partial charge on any atom is -0.444 e. The van der Waals surface area contributed by atoms with Gasteiger partial charge in [-0.25, -0.2) is 4.79 Å². The smallest absolute Gasteiger partial charge is 0.407 e. The standard InChI is InChI=1S/C19H30N2O2/c1-19(2,3)23-18(22)21-14-16(17-11-7-8-12-20-17)13-15-9-5-4-6-10-15/h4-6,9-10,16-17,20H,7-8,11-14H2,1-3H3,(H,21,22)/t16-,17-/m0/s1. The zero-order valence-corrected chi connectivity index (χ0v) is 14.6. The molecule has 128 valence electrons. The maximum Gasteiger partial charge on any atom is 0.407 e. The lowest BCUT2D eigenvalue weighted by Gasteiger charge is -2.32. The number of hydrogen-bond acceptors (Lipinski definition) is 3. The van der Waals surface area contributed by atoms with Gasteiger partial charge in [-0.05, 0) is 58.1 Å². The molecule has 2 atom stereocenters. The molecule has 1 aliphatic heterocycles. The average molecular weight is 318 g/mol. The van der Waals surface area contributed by atoms with Gasteiger partial charge in [-0.1, -0.05) is 36.8 Å². The van der Waals surface area contributed by atoms with Gasteiger partial charge >= 0.3 is 6.09 Å². The third-order valence-electron chi connectivity index (χ3n) is 4.17. The van der Waals surface area contributed by atoms with Crippen LogP contribution in [0.15, 0.2) is 30.3 Å². The van der Waals surface area contributed by atoms with Crippen LogP contribution in [0.3, 0.4) is 0 Å². The van der Waals surface area contributed by atoms with Gasteiger partial charge in [0.1, 0.15) is 5.60 Å². The highest BCUT2D eigenvalue weighted by atomic mass is 16.6. The molecule has 0 aliphatic carbocycles. The van der Waals surface area contributed by atoms with Crippen LogP contribution in [-0.4, -0.2) is 30.8 Å². The Bertz CT molecular complexity index is 476. The quantitative estimate of drug-likeness (QED) is 0.873. The molecule has 0 unspecified atom stereocenters. The van der Waals surface area contributed by atoms with Crippen molar-refractivity contribution in [3.05, 3.63) is 35.9 Å². The second kappa shape index (κ2) is 8.34. The number of rotatable bonds is 5. The molecule has 0 spiro atoms. The van der Waals surface area contributed by atoms with Crippen molar-refractivity contribution in [2.45, 2.75) is 58.1 Å². The highest BCUT2D eigenvalue weighted by Crippen LogP contribution is 2.19. The Balaban J connectivity index is 1.94. The summed E-state index contributed by atoms with van der Waals surface area (Å²) in [6.45, 7) is 7.37. The van der Waals surface area contributed by atoms with Crippen LogP contribution in [0.25, 0.3) is 0 Å². The van der Waals surface area contributed by atoms with Crippen LogP contribution >= 0.6 is 0 Å². The summed E-state index contributed by atoms with van der Waals surface area (Å²) < 4.78 is 5.36. The molecule has 1 amide bonds. The zero-order chi connectivity index (χ0) is 16.7. The van der Waals surface area contributed by atoms with Crippen LogP contribution in [0, 0.1) is 5.92 Å². The van der Waals surface area contributed by atoms with Gasteiger partial charge in [-0.3, -0.25) is 0 Å². The summed E-state index contributed by atoms with van der Waals surface area (Å²) in [7, 11) is 0. The number of carbonyl (C=O) groups is 1. The van der Waals surface area contributed by atoms with Crippen LogP contribution in [0.5, 0.6) is 0 Å².